The summed E-state index contributed by atoms with van der Waals surface area (Å²) in [5, 5.41) is 16.5. The van der Waals surface area contributed by atoms with E-state index in [1.807, 2.05) is 38.1 Å². The smallest absolute Gasteiger partial charge is 0.339 e. The van der Waals surface area contributed by atoms with E-state index in [9.17, 15) is 9.90 Å². The van der Waals surface area contributed by atoms with Crippen molar-refractivity contribution in [2.45, 2.75) is 13.8 Å². The van der Waals surface area contributed by atoms with E-state index in [4.69, 9.17) is 4.74 Å². The van der Waals surface area contributed by atoms with Crippen molar-refractivity contribution in [2.75, 3.05) is 11.9 Å². The van der Waals surface area contributed by atoms with Crippen molar-refractivity contribution < 1.29 is 14.6 Å². The molecule has 0 fully saturated rings. The Kier molecular flexibility index (Phi) is 6.20. The second-order valence-electron chi connectivity index (χ2n) is 4.92. The Hall–Kier alpha value is -2.54. The highest BCUT2D eigenvalue weighted by molar-refractivity contribution is 9.10. The zero-order valence-corrected chi connectivity index (χ0v) is 14.9. The summed E-state index contributed by atoms with van der Waals surface area (Å²) in [5.41, 5.74) is 4.74. The van der Waals surface area contributed by atoms with E-state index in [2.05, 4.69) is 31.8 Å². The summed E-state index contributed by atoms with van der Waals surface area (Å²) in [6.07, 6.45) is 1.46. The van der Waals surface area contributed by atoms with E-state index < -0.39 is 6.03 Å². The number of hydrogen-bond acceptors (Lipinski definition) is 4. The molecule has 24 heavy (non-hydrogen) atoms. The summed E-state index contributed by atoms with van der Waals surface area (Å²) < 4.78 is 5.82. The van der Waals surface area contributed by atoms with Gasteiger partial charge in [-0.05, 0) is 59.1 Å². The quantitative estimate of drug-likeness (QED) is 0.531. The van der Waals surface area contributed by atoms with Crippen LogP contribution in [0.1, 0.15) is 18.1 Å². The molecule has 0 aliphatic carbocycles. The SMILES string of the molecule is CCOc1cc(C=NNC(=O)Nc2ccccc2C)cc(Br)c1O. The van der Waals surface area contributed by atoms with Crippen LogP contribution in [0, 0.1) is 6.92 Å². The van der Waals surface area contributed by atoms with Gasteiger partial charge in [-0.25, -0.2) is 10.2 Å². The Morgan fingerprint density at radius 2 is 2.12 bits per heavy atom. The van der Waals surface area contributed by atoms with Crippen LogP contribution in [0.2, 0.25) is 0 Å². The lowest BCUT2D eigenvalue weighted by Gasteiger charge is -2.08. The predicted octanol–water partition coefficient (Wildman–Crippen LogP) is 4.02. The van der Waals surface area contributed by atoms with Crippen molar-refractivity contribution in [1.29, 1.82) is 0 Å². The van der Waals surface area contributed by atoms with E-state index in [-0.39, 0.29) is 5.75 Å². The number of urea groups is 1. The molecule has 0 unspecified atom stereocenters. The van der Waals surface area contributed by atoms with Crippen molar-refractivity contribution in [3.05, 3.63) is 52.0 Å². The number of rotatable bonds is 5. The van der Waals surface area contributed by atoms with Crippen LogP contribution >= 0.6 is 15.9 Å². The molecule has 0 saturated carbocycles. The number of halogens is 1. The van der Waals surface area contributed by atoms with Crippen LogP contribution in [0.25, 0.3) is 0 Å². The Bertz CT molecular complexity index is 763. The van der Waals surface area contributed by atoms with Gasteiger partial charge in [0.2, 0.25) is 0 Å². The van der Waals surface area contributed by atoms with Crippen LogP contribution in [0.4, 0.5) is 10.5 Å². The van der Waals surface area contributed by atoms with Gasteiger partial charge in [-0.3, -0.25) is 0 Å². The predicted molar refractivity (Wildman–Crippen MR) is 97.9 cm³/mol. The number of phenols is 1. The molecule has 0 atom stereocenters. The van der Waals surface area contributed by atoms with Crippen molar-refractivity contribution in [3.8, 4) is 11.5 Å². The van der Waals surface area contributed by atoms with Crippen molar-refractivity contribution >= 4 is 33.9 Å². The summed E-state index contributed by atoms with van der Waals surface area (Å²) in [6, 6.07) is 10.3. The van der Waals surface area contributed by atoms with Gasteiger partial charge in [0.1, 0.15) is 0 Å². The molecule has 0 aliphatic heterocycles. The van der Waals surface area contributed by atoms with Crippen LogP contribution < -0.4 is 15.5 Å². The number of hydrogen-bond donors (Lipinski definition) is 3. The molecule has 0 heterocycles. The average Bonchev–Trinajstić information content (AvgIpc) is 2.54. The van der Waals surface area contributed by atoms with E-state index >= 15 is 0 Å². The Morgan fingerprint density at radius 3 is 2.83 bits per heavy atom. The zero-order chi connectivity index (χ0) is 17.5. The number of aryl methyl sites for hydroxylation is 1. The number of carbonyl (C=O) groups excluding carboxylic acids is 1. The standard InChI is InChI=1S/C17H18BrN3O3/c1-3-24-15-9-12(8-13(18)16(15)22)10-19-21-17(23)20-14-7-5-4-6-11(14)2/h4-10,22H,3H2,1-2H3,(H2,20,21,23). The third-order valence-corrected chi connectivity index (χ3v) is 3.73. The third-order valence-electron chi connectivity index (χ3n) is 3.12. The second-order valence-corrected chi connectivity index (χ2v) is 5.78. The Morgan fingerprint density at radius 1 is 1.38 bits per heavy atom. The first-order chi connectivity index (χ1) is 11.5. The maximum Gasteiger partial charge on any atom is 0.339 e. The highest BCUT2D eigenvalue weighted by Gasteiger charge is 2.08. The van der Waals surface area contributed by atoms with Crippen LogP contribution in [-0.2, 0) is 0 Å². The first-order valence-corrected chi connectivity index (χ1v) is 8.11. The second kappa shape index (κ2) is 8.35. The molecule has 0 spiro atoms. The monoisotopic (exact) mass is 391 g/mol. The van der Waals surface area contributed by atoms with Crippen molar-refractivity contribution in [1.82, 2.24) is 5.43 Å². The van der Waals surface area contributed by atoms with Crippen LogP contribution in [0.5, 0.6) is 11.5 Å². The average molecular weight is 392 g/mol. The first-order valence-electron chi connectivity index (χ1n) is 7.32. The van der Waals surface area contributed by atoms with E-state index in [1.165, 1.54) is 6.21 Å². The van der Waals surface area contributed by atoms with Crippen molar-refractivity contribution in [2.24, 2.45) is 5.10 Å². The number of amides is 2. The molecule has 0 bridgehead atoms. The van der Waals surface area contributed by atoms with E-state index in [1.54, 1.807) is 12.1 Å². The minimum atomic E-state index is -0.441. The molecular formula is C17H18BrN3O3. The number of aromatic hydroxyl groups is 1. The molecule has 0 radical (unpaired) electrons. The Balaban J connectivity index is 2.01. The third kappa shape index (κ3) is 4.73. The van der Waals surface area contributed by atoms with Gasteiger partial charge >= 0.3 is 6.03 Å². The van der Waals surface area contributed by atoms with Gasteiger partial charge in [0.15, 0.2) is 11.5 Å². The molecule has 0 aliphatic rings. The maximum atomic E-state index is 11.8. The lowest BCUT2D eigenvalue weighted by atomic mass is 10.2. The van der Waals surface area contributed by atoms with Gasteiger partial charge < -0.3 is 15.2 Å². The van der Waals surface area contributed by atoms with E-state index in [0.29, 0.717) is 22.4 Å². The Labute approximate surface area is 148 Å². The number of phenolic OH excluding ortho intramolecular Hbond substituents is 1. The summed E-state index contributed by atoms with van der Waals surface area (Å²) in [4.78, 5) is 11.8. The van der Waals surface area contributed by atoms with Gasteiger partial charge in [0, 0.05) is 5.69 Å². The molecule has 2 rings (SSSR count). The molecule has 2 aromatic carbocycles. The fraction of sp³-hybridized carbons (Fsp3) is 0.176. The molecule has 2 aromatic rings. The number of para-hydroxylation sites is 1. The molecular weight excluding hydrogens is 374 g/mol. The first kappa shape index (κ1) is 17.8. The van der Waals surface area contributed by atoms with Gasteiger partial charge in [-0.15, -0.1) is 0 Å². The van der Waals surface area contributed by atoms with Gasteiger partial charge in [0.25, 0.3) is 0 Å². The van der Waals surface area contributed by atoms with Crippen LogP contribution in [0.3, 0.4) is 0 Å². The number of benzene rings is 2. The molecule has 3 N–H and O–H groups in total. The fourth-order valence-electron chi connectivity index (χ4n) is 1.96. The normalized spacial score (nSPS) is 10.6. The summed E-state index contributed by atoms with van der Waals surface area (Å²) in [5.74, 6) is 0.372. The maximum absolute atomic E-state index is 11.8. The fourth-order valence-corrected chi connectivity index (χ4v) is 2.42. The van der Waals surface area contributed by atoms with Gasteiger partial charge in [0.05, 0.1) is 17.3 Å². The highest BCUT2D eigenvalue weighted by atomic mass is 79.9. The largest absolute Gasteiger partial charge is 0.503 e. The molecule has 2 amide bonds. The molecule has 0 saturated heterocycles. The number of carbonyl (C=O) groups is 1. The zero-order valence-electron chi connectivity index (χ0n) is 13.3. The van der Waals surface area contributed by atoms with E-state index in [0.717, 1.165) is 11.3 Å². The number of nitrogens with zero attached hydrogens (tertiary/aromatic N) is 1. The van der Waals surface area contributed by atoms with Gasteiger partial charge in [-0.2, -0.15) is 5.10 Å². The minimum absolute atomic E-state index is 0.0271. The van der Waals surface area contributed by atoms with Gasteiger partial charge in [-0.1, -0.05) is 18.2 Å². The molecule has 126 valence electrons. The number of anilines is 1. The lowest BCUT2D eigenvalue weighted by molar-refractivity contribution is 0.252. The summed E-state index contributed by atoms with van der Waals surface area (Å²) in [7, 11) is 0. The molecule has 7 heteroatoms. The lowest BCUT2D eigenvalue weighted by Crippen LogP contribution is -2.24. The van der Waals surface area contributed by atoms with Crippen LogP contribution in [0.15, 0.2) is 46.0 Å². The molecule has 6 nitrogen and oxygen atoms in total. The summed E-state index contributed by atoms with van der Waals surface area (Å²) in [6.45, 7) is 4.16. The minimum Gasteiger partial charge on any atom is -0.503 e. The summed E-state index contributed by atoms with van der Waals surface area (Å²) >= 11 is 3.25. The molecule has 0 aromatic heterocycles. The topological polar surface area (TPSA) is 83.0 Å². The number of nitrogens with one attached hydrogen (secondary N) is 2. The number of ether oxygens (including phenoxy) is 1. The van der Waals surface area contributed by atoms with Crippen molar-refractivity contribution in [3.63, 3.8) is 0 Å². The highest BCUT2D eigenvalue weighted by Crippen LogP contribution is 2.35. The number of hydrazone groups is 1. The van der Waals surface area contributed by atoms with Crippen LogP contribution in [-0.4, -0.2) is 24.0 Å².